The molecule has 74 valence electrons. The number of hydrogen-bond donors (Lipinski definition) is 1. The van der Waals surface area contributed by atoms with Gasteiger partial charge in [0, 0.05) is 6.04 Å². The predicted molar refractivity (Wildman–Crippen MR) is 48.1 cm³/mol. The molecule has 0 aromatic carbocycles. The van der Waals surface area contributed by atoms with E-state index in [2.05, 4.69) is 9.76 Å². The summed E-state index contributed by atoms with van der Waals surface area (Å²) in [6.07, 6.45) is 1.41. The van der Waals surface area contributed by atoms with Crippen molar-refractivity contribution in [2.45, 2.75) is 39.7 Å². The van der Waals surface area contributed by atoms with E-state index in [0.717, 1.165) is 6.42 Å². The summed E-state index contributed by atoms with van der Waals surface area (Å²) in [6, 6.07) is 0.0663. The molecule has 4 nitrogen and oxygen atoms in total. The van der Waals surface area contributed by atoms with Crippen LogP contribution in [0.25, 0.3) is 0 Å². The summed E-state index contributed by atoms with van der Waals surface area (Å²) in [5, 5.41) is 0. The Bertz CT molecular complexity index is 201. The highest BCUT2D eigenvalue weighted by molar-refractivity contribution is 7.86. The van der Waals surface area contributed by atoms with Gasteiger partial charge < -0.3 is 0 Å². The summed E-state index contributed by atoms with van der Waals surface area (Å²) in [6.45, 7) is 5.61. The van der Waals surface area contributed by atoms with E-state index in [-0.39, 0.29) is 11.8 Å². The molecule has 0 saturated heterocycles. The first-order valence-corrected chi connectivity index (χ1v) is 5.76. The molecule has 0 aromatic rings. The van der Waals surface area contributed by atoms with Gasteiger partial charge in [-0.15, -0.1) is 0 Å². The van der Waals surface area contributed by atoms with Crippen LogP contribution in [0.3, 0.4) is 0 Å². The van der Waals surface area contributed by atoms with Crippen LogP contribution in [-0.2, 0) is 14.4 Å². The molecule has 0 spiro atoms. The Morgan fingerprint density at radius 3 is 2.42 bits per heavy atom. The first-order valence-electron chi connectivity index (χ1n) is 4.18. The molecule has 0 heterocycles. The van der Waals surface area contributed by atoms with E-state index >= 15 is 0 Å². The minimum absolute atomic E-state index is 0.0659. The molecule has 0 saturated carbocycles. The van der Waals surface area contributed by atoms with Crippen molar-refractivity contribution in [3.63, 3.8) is 0 Å². The average molecular weight is 195 g/mol. The fourth-order valence-corrected chi connectivity index (χ4v) is 1.42. The Morgan fingerprint density at radius 2 is 2.00 bits per heavy atom. The number of rotatable bonds is 6. The van der Waals surface area contributed by atoms with Crippen molar-refractivity contribution in [3.8, 4) is 0 Å². The lowest BCUT2D eigenvalue weighted by molar-refractivity contribution is 0.167. The van der Waals surface area contributed by atoms with Gasteiger partial charge in [0.2, 0.25) is 0 Å². The van der Waals surface area contributed by atoms with Gasteiger partial charge in [0.15, 0.2) is 0 Å². The third kappa shape index (κ3) is 5.51. The molecule has 0 radical (unpaired) electrons. The zero-order valence-electron chi connectivity index (χ0n) is 7.83. The van der Waals surface area contributed by atoms with Crippen LogP contribution in [0.15, 0.2) is 0 Å². The van der Waals surface area contributed by atoms with Crippen LogP contribution in [0.2, 0.25) is 0 Å². The quantitative estimate of drug-likeness (QED) is 0.643. The lowest BCUT2D eigenvalue weighted by Crippen LogP contribution is -2.29. The highest BCUT2D eigenvalue weighted by Gasteiger charge is 2.10. The van der Waals surface area contributed by atoms with Crippen molar-refractivity contribution >= 4 is 10.1 Å². The average Bonchev–Trinajstić information content (AvgIpc) is 2.00. The number of nitrogens with one attached hydrogen (secondary N) is 1. The Labute approximate surface area is 74.4 Å². The van der Waals surface area contributed by atoms with E-state index in [1.54, 1.807) is 6.92 Å². The molecule has 0 aliphatic carbocycles. The van der Waals surface area contributed by atoms with Crippen LogP contribution in [0, 0.1) is 0 Å². The Kier molecular flexibility index (Phi) is 5.44. The van der Waals surface area contributed by atoms with E-state index in [1.807, 2.05) is 13.8 Å². The summed E-state index contributed by atoms with van der Waals surface area (Å²) < 4.78 is 26.5. The fraction of sp³-hybridized carbons (Fsp3) is 1.00. The van der Waals surface area contributed by atoms with Gasteiger partial charge in [0.05, 0.1) is 5.75 Å². The van der Waals surface area contributed by atoms with Crippen molar-refractivity contribution in [1.82, 2.24) is 5.48 Å². The van der Waals surface area contributed by atoms with Crippen molar-refractivity contribution < 1.29 is 12.7 Å². The van der Waals surface area contributed by atoms with Crippen LogP contribution < -0.4 is 5.48 Å². The lowest BCUT2D eigenvalue weighted by atomic mass is 10.3. The molecule has 5 heteroatoms. The Hall–Kier alpha value is -0.130. The van der Waals surface area contributed by atoms with Gasteiger partial charge in [0.25, 0.3) is 10.1 Å². The molecule has 0 bridgehead atoms. The molecule has 0 rings (SSSR count). The zero-order valence-corrected chi connectivity index (χ0v) is 8.65. The number of hydrogen-bond acceptors (Lipinski definition) is 4. The number of hydroxylamine groups is 1. The summed E-state index contributed by atoms with van der Waals surface area (Å²) in [7, 11) is -3.35. The highest BCUT2D eigenvalue weighted by atomic mass is 32.2. The molecule has 12 heavy (non-hydrogen) atoms. The topological polar surface area (TPSA) is 55.4 Å². The Morgan fingerprint density at radius 1 is 1.42 bits per heavy atom. The molecular formula is C7H17NO3S. The maximum atomic E-state index is 11.0. The zero-order chi connectivity index (χ0) is 9.61. The highest BCUT2D eigenvalue weighted by Crippen LogP contribution is 1.95. The van der Waals surface area contributed by atoms with Crippen LogP contribution >= 0.6 is 0 Å². The summed E-state index contributed by atoms with van der Waals surface area (Å²) in [5.74, 6) is 0.0659. The molecule has 1 atom stereocenters. The first kappa shape index (κ1) is 11.9. The fourth-order valence-electron chi connectivity index (χ4n) is 0.530. The van der Waals surface area contributed by atoms with Gasteiger partial charge in [-0.2, -0.15) is 18.2 Å². The molecule has 0 aliphatic heterocycles. The third-order valence-electron chi connectivity index (χ3n) is 1.44. The van der Waals surface area contributed by atoms with E-state index in [9.17, 15) is 8.42 Å². The maximum absolute atomic E-state index is 11.0. The lowest BCUT2D eigenvalue weighted by Gasteiger charge is -2.10. The maximum Gasteiger partial charge on any atom is 0.283 e. The van der Waals surface area contributed by atoms with Crippen molar-refractivity contribution in [2.75, 3.05) is 5.75 Å². The predicted octanol–water partition coefficient (Wildman–Crippen LogP) is 1.05. The summed E-state index contributed by atoms with van der Waals surface area (Å²) >= 11 is 0. The van der Waals surface area contributed by atoms with Gasteiger partial charge in [0.1, 0.15) is 0 Å². The van der Waals surface area contributed by atoms with E-state index in [4.69, 9.17) is 0 Å². The van der Waals surface area contributed by atoms with Gasteiger partial charge in [-0.3, -0.25) is 0 Å². The van der Waals surface area contributed by atoms with Gasteiger partial charge in [-0.05, 0) is 19.8 Å². The van der Waals surface area contributed by atoms with Gasteiger partial charge in [-0.1, -0.05) is 13.8 Å². The van der Waals surface area contributed by atoms with Crippen molar-refractivity contribution in [3.05, 3.63) is 0 Å². The van der Waals surface area contributed by atoms with E-state index < -0.39 is 10.1 Å². The smallest absolute Gasteiger partial charge is 0.198 e. The van der Waals surface area contributed by atoms with Crippen LogP contribution in [0.1, 0.15) is 33.6 Å². The van der Waals surface area contributed by atoms with Crippen molar-refractivity contribution in [2.24, 2.45) is 0 Å². The molecule has 0 fully saturated rings. The molecule has 1 N–H and O–H groups in total. The summed E-state index contributed by atoms with van der Waals surface area (Å²) in [5.41, 5.74) is 2.47. The SMILES string of the molecule is CCCS(=O)(=O)ONC(C)CC. The monoisotopic (exact) mass is 195 g/mol. The second-order valence-corrected chi connectivity index (χ2v) is 4.46. The second-order valence-electron chi connectivity index (χ2n) is 2.77. The van der Waals surface area contributed by atoms with Gasteiger partial charge in [-0.25, -0.2) is 0 Å². The van der Waals surface area contributed by atoms with Crippen LogP contribution in [0.4, 0.5) is 0 Å². The normalized spacial score (nSPS) is 14.6. The minimum atomic E-state index is -3.35. The van der Waals surface area contributed by atoms with Crippen molar-refractivity contribution in [1.29, 1.82) is 0 Å². The molecule has 0 amide bonds. The third-order valence-corrected chi connectivity index (χ3v) is 2.70. The summed E-state index contributed by atoms with van der Waals surface area (Å²) in [4.78, 5) is 0. The molecule has 0 aliphatic rings. The first-order chi connectivity index (χ1) is 5.52. The Balaban J connectivity index is 3.76. The second kappa shape index (κ2) is 5.50. The van der Waals surface area contributed by atoms with E-state index in [1.165, 1.54) is 0 Å². The molecular weight excluding hydrogens is 178 g/mol. The molecule has 1 unspecified atom stereocenters. The van der Waals surface area contributed by atoms with Crippen LogP contribution in [-0.4, -0.2) is 20.2 Å². The van der Waals surface area contributed by atoms with Gasteiger partial charge >= 0.3 is 0 Å². The van der Waals surface area contributed by atoms with Crippen LogP contribution in [0.5, 0.6) is 0 Å². The molecule has 0 aromatic heterocycles. The van der Waals surface area contributed by atoms with E-state index in [0.29, 0.717) is 6.42 Å². The minimum Gasteiger partial charge on any atom is -0.198 e. The standard InChI is InChI=1S/C7H17NO3S/c1-4-6-12(9,10)11-8-7(3)5-2/h7-8H,4-6H2,1-3H3. The largest absolute Gasteiger partial charge is 0.283 e.